The average Bonchev–Trinajstić information content (AvgIpc) is 3.08. The molecule has 0 atom stereocenters. The Morgan fingerprint density at radius 1 is 1.11 bits per heavy atom. The first kappa shape index (κ1) is 25.5. The van der Waals surface area contributed by atoms with E-state index in [9.17, 15) is 14.4 Å². The number of thioether (sulfide) groups is 1. The number of halogens is 2. The molecule has 3 aromatic carbocycles. The average molecular weight is 663 g/mol. The summed E-state index contributed by atoms with van der Waals surface area (Å²) in [5, 5.41) is 2.53. The number of aryl methyl sites for hydroxylation is 1. The maximum Gasteiger partial charge on any atom is 0.293 e. The van der Waals surface area contributed by atoms with Gasteiger partial charge in [-0.05, 0) is 110 Å². The molecule has 3 aromatic rings. The van der Waals surface area contributed by atoms with Crippen LogP contribution in [0, 0.1) is 10.5 Å². The van der Waals surface area contributed by atoms with E-state index < -0.39 is 0 Å². The van der Waals surface area contributed by atoms with Crippen molar-refractivity contribution in [2.75, 3.05) is 11.9 Å². The fraction of sp³-hybridized carbons (Fsp3) is 0.115. The van der Waals surface area contributed by atoms with E-state index in [1.807, 2.05) is 55.5 Å². The third-order valence-electron chi connectivity index (χ3n) is 5.16. The van der Waals surface area contributed by atoms with Gasteiger partial charge in [-0.2, -0.15) is 0 Å². The number of hydrogen-bond donors (Lipinski definition) is 1. The van der Waals surface area contributed by atoms with Gasteiger partial charge in [0.1, 0.15) is 5.75 Å². The molecule has 0 bridgehead atoms. The van der Waals surface area contributed by atoms with Crippen molar-refractivity contribution in [3.05, 3.63) is 96.4 Å². The van der Waals surface area contributed by atoms with Gasteiger partial charge in [0.15, 0.2) is 6.61 Å². The van der Waals surface area contributed by atoms with Crippen LogP contribution in [0.4, 0.5) is 10.5 Å². The Morgan fingerprint density at radius 2 is 1.86 bits per heavy atom. The van der Waals surface area contributed by atoms with Crippen LogP contribution < -0.4 is 10.1 Å². The number of carbonyl (C=O) groups is 3. The zero-order valence-electron chi connectivity index (χ0n) is 18.6. The first-order chi connectivity index (χ1) is 16.8. The molecular formula is C26H20BrIN2O4S. The molecule has 0 saturated carbocycles. The largest absolute Gasteiger partial charge is 0.483 e. The lowest BCUT2D eigenvalue weighted by molar-refractivity contribution is -0.123. The minimum atomic E-state index is -0.317. The second-order valence-corrected chi connectivity index (χ2v) is 10.8. The summed E-state index contributed by atoms with van der Waals surface area (Å²) in [7, 11) is 0. The smallest absolute Gasteiger partial charge is 0.293 e. The third kappa shape index (κ3) is 6.53. The summed E-state index contributed by atoms with van der Waals surface area (Å²) < 4.78 is 7.37. The molecule has 178 valence electrons. The Labute approximate surface area is 229 Å². The number of hydrogen-bond acceptors (Lipinski definition) is 5. The summed E-state index contributed by atoms with van der Waals surface area (Å²) in [6.45, 7) is 2.01. The molecule has 0 aliphatic carbocycles. The number of rotatable bonds is 7. The highest BCUT2D eigenvalue weighted by Gasteiger charge is 2.35. The van der Waals surface area contributed by atoms with Gasteiger partial charge < -0.3 is 10.1 Å². The van der Waals surface area contributed by atoms with Crippen molar-refractivity contribution in [1.29, 1.82) is 0 Å². The summed E-state index contributed by atoms with van der Waals surface area (Å²) in [4.78, 5) is 39.1. The fourth-order valence-corrected chi connectivity index (χ4v) is 5.04. The van der Waals surface area contributed by atoms with Crippen LogP contribution in [0.5, 0.6) is 5.75 Å². The van der Waals surface area contributed by atoms with E-state index in [0.29, 0.717) is 15.1 Å². The van der Waals surface area contributed by atoms with Gasteiger partial charge in [-0.3, -0.25) is 19.3 Å². The van der Waals surface area contributed by atoms with E-state index >= 15 is 0 Å². The zero-order valence-corrected chi connectivity index (χ0v) is 23.1. The van der Waals surface area contributed by atoms with Crippen molar-refractivity contribution >= 4 is 79.1 Å². The monoisotopic (exact) mass is 662 g/mol. The quantitative estimate of drug-likeness (QED) is 0.228. The molecule has 9 heteroatoms. The summed E-state index contributed by atoms with van der Waals surface area (Å²) in [5.41, 5.74) is 3.33. The molecule has 6 nitrogen and oxygen atoms in total. The van der Waals surface area contributed by atoms with Crippen LogP contribution >= 0.6 is 50.3 Å². The van der Waals surface area contributed by atoms with Gasteiger partial charge in [-0.15, -0.1) is 0 Å². The molecule has 1 N–H and O–H groups in total. The van der Waals surface area contributed by atoms with Gasteiger partial charge in [0.05, 0.1) is 15.9 Å². The van der Waals surface area contributed by atoms with Crippen LogP contribution in [0.25, 0.3) is 6.08 Å². The van der Waals surface area contributed by atoms with Gasteiger partial charge in [-0.1, -0.05) is 36.4 Å². The molecule has 4 rings (SSSR count). The Kier molecular flexibility index (Phi) is 8.30. The van der Waals surface area contributed by atoms with Crippen molar-refractivity contribution in [3.63, 3.8) is 0 Å². The van der Waals surface area contributed by atoms with E-state index in [4.69, 9.17) is 4.74 Å². The summed E-state index contributed by atoms with van der Waals surface area (Å²) in [6.07, 6.45) is 1.68. The molecule has 0 aromatic heterocycles. The van der Waals surface area contributed by atoms with Crippen LogP contribution in [-0.4, -0.2) is 28.6 Å². The minimum Gasteiger partial charge on any atom is -0.483 e. The second-order valence-electron chi connectivity index (χ2n) is 7.74. The topological polar surface area (TPSA) is 75.7 Å². The molecular weight excluding hydrogens is 643 g/mol. The summed E-state index contributed by atoms with van der Waals surface area (Å²) >= 11 is 6.59. The number of para-hydroxylation sites is 1. The number of carbonyl (C=O) groups excluding carboxylic acids is 3. The van der Waals surface area contributed by atoms with Crippen LogP contribution in [0.2, 0.25) is 0 Å². The van der Waals surface area contributed by atoms with Crippen LogP contribution in [-0.2, 0) is 16.1 Å². The van der Waals surface area contributed by atoms with Crippen LogP contribution in [0.1, 0.15) is 16.7 Å². The van der Waals surface area contributed by atoms with Gasteiger partial charge >= 0.3 is 0 Å². The standard InChI is InChI=1S/C26H20BrIN2O4S/c1-16-4-2-3-5-21(16)29-24(31)15-34-22-11-8-18(12-20(22)27)13-23-25(32)30(26(33)35-23)14-17-6-9-19(28)10-7-17/h2-13H,14-15H2,1H3,(H,29,31)/b23-13-. The van der Waals surface area contributed by atoms with Crippen LogP contribution in [0.3, 0.4) is 0 Å². The number of benzene rings is 3. The van der Waals surface area contributed by atoms with E-state index in [1.165, 1.54) is 4.90 Å². The van der Waals surface area contributed by atoms with Crippen LogP contribution in [0.15, 0.2) is 76.1 Å². The number of amides is 3. The third-order valence-corrected chi connectivity index (χ3v) is 7.41. The molecule has 3 amide bonds. The van der Waals surface area contributed by atoms with Gasteiger partial charge in [0.25, 0.3) is 17.1 Å². The minimum absolute atomic E-state index is 0.149. The zero-order chi connectivity index (χ0) is 24.9. The molecule has 0 radical (unpaired) electrons. The predicted octanol–water partition coefficient (Wildman–Crippen LogP) is 6.62. The first-order valence-electron chi connectivity index (χ1n) is 10.6. The van der Waals surface area contributed by atoms with E-state index in [0.717, 1.165) is 37.7 Å². The lowest BCUT2D eigenvalue weighted by Crippen LogP contribution is -2.27. The van der Waals surface area contributed by atoms with Gasteiger partial charge in [0.2, 0.25) is 0 Å². The summed E-state index contributed by atoms with van der Waals surface area (Å²) in [6, 6.07) is 20.5. The molecule has 1 aliphatic heterocycles. The number of anilines is 1. The number of nitrogens with zero attached hydrogens (tertiary/aromatic N) is 1. The van der Waals surface area contributed by atoms with Crippen molar-refractivity contribution in [1.82, 2.24) is 4.90 Å². The predicted molar refractivity (Wildman–Crippen MR) is 150 cm³/mol. The number of ether oxygens (including phenoxy) is 1. The molecule has 1 fully saturated rings. The second kappa shape index (κ2) is 11.4. The van der Waals surface area contributed by atoms with E-state index in [-0.39, 0.29) is 30.2 Å². The number of nitrogens with one attached hydrogen (secondary N) is 1. The Hall–Kier alpha value is -2.63. The first-order valence-corrected chi connectivity index (χ1v) is 13.3. The highest BCUT2D eigenvalue weighted by Crippen LogP contribution is 2.34. The molecule has 1 heterocycles. The lowest BCUT2D eigenvalue weighted by Gasteiger charge is -2.12. The molecule has 35 heavy (non-hydrogen) atoms. The highest BCUT2D eigenvalue weighted by molar-refractivity contribution is 14.1. The SMILES string of the molecule is Cc1ccccc1NC(=O)COc1ccc(/C=C2\SC(=O)N(Cc3ccc(I)cc3)C2=O)cc1Br. The van der Waals surface area contributed by atoms with Crippen molar-refractivity contribution in [2.24, 2.45) is 0 Å². The molecule has 0 unspecified atom stereocenters. The summed E-state index contributed by atoms with van der Waals surface area (Å²) in [5.74, 6) is -0.0890. The van der Waals surface area contributed by atoms with Crippen molar-refractivity contribution in [2.45, 2.75) is 13.5 Å². The molecule has 0 spiro atoms. The normalized spacial score (nSPS) is 14.5. The fourth-order valence-electron chi connectivity index (χ4n) is 3.33. The van der Waals surface area contributed by atoms with Gasteiger partial charge in [0, 0.05) is 9.26 Å². The Bertz CT molecular complexity index is 1330. The highest BCUT2D eigenvalue weighted by atomic mass is 127. The molecule has 1 aliphatic rings. The molecule has 1 saturated heterocycles. The van der Waals surface area contributed by atoms with Gasteiger partial charge in [-0.25, -0.2) is 0 Å². The van der Waals surface area contributed by atoms with Crippen molar-refractivity contribution in [3.8, 4) is 5.75 Å². The number of imide groups is 1. The lowest BCUT2D eigenvalue weighted by atomic mass is 10.2. The van der Waals surface area contributed by atoms with E-state index in [2.05, 4.69) is 43.8 Å². The maximum atomic E-state index is 12.8. The van der Waals surface area contributed by atoms with E-state index in [1.54, 1.807) is 24.3 Å². The maximum absolute atomic E-state index is 12.8. The Balaban J connectivity index is 1.39. The Morgan fingerprint density at radius 3 is 2.57 bits per heavy atom. The van der Waals surface area contributed by atoms with Crippen molar-refractivity contribution < 1.29 is 19.1 Å².